The van der Waals surface area contributed by atoms with Crippen molar-refractivity contribution in [3.8, 4) is 0 Å². The molecular weight excluding hydrogens is 345 g/mol. The van der Waals surface area contributed by atoms with Gasteiger partial charge in [0.2, 0.25) is 11.5 Å². The normalized spacial score (nSPS) is 20.1. The molecule has 1 amide bonds. The Bertz CT molecular complexity index is 870. The third-order valence-corrected chi connectivity index (χ3v) is 4.62. The molecule has 0 heterocycles. The molecule has 1 N–H and O–H groups in total. The first-order valence-corrected chi connectivity index (χ1v) is 8.98. The van der Waals surface area contributed by atoms with Crippen molar-refractivity contribution in [1.29, 1.82) is 0 Å². The first kappa shape index (κ1) is 19.1. The number of carbonyl (C=O) groups is 2. The Hall–Kier alpha value is -2.69. The number of rotatable bonds is 3. The smallest absolute Gasteiger partial charge is 0.408 e. The molecule has 1 aliphatic carbocycles. The van der Waals surface area contributed by atoms with E-state index >= 15 is 4.39 Å². The largest absolute Gasteiger partial charge is 0.444 e. The molecule has 27 heavy (non-hydrogen) atoms. The average molecular weight is 369 g/mol. The van der Waals surface area contributed by atoms with Crippen molar-refractivity contribution in [2.45, 2.75) is 51.4 Å². The lowest BCUT2D eigenvalue weighted by Gasteiger charge is -2.31. The van der Waals surface area contributed by atoms with Gasteiger partial charge in [-0.15, -0.1) is 0 Å². The van der Waals surface area contributed by atoms with E-state index in [2.05, 4.69) is 5.32 Å². The Morgan fingerprint density at radius 3 is 2.37 bits per heavy atom. The van der Waals surface area contributed by atoms with Crippen molar-refractivity contribution in [2.75, 3.05) is 0 Å². The lowest BCUT2D eigenvalue weighted by Crippen LogP contribution is -2.48. The van der Waals surface area contributed by atoms with Crippen LogP contribution in [0.5, 0.6) is 0 Å². The third kappa shape index (κ3) is 3.87. The van der Waals surface area contributed by atoms with Crippen LogP contribution in [0.1, 0.15) is 53.9 Å². The van der Waals surface area contributed by atoms with E-state index in [9.17, 15) is 9.59 Å². The van der Waals surface area contributed by atoms with Crippen LogP contribution in [-0.4, -0.2) is 23.1 Å². The lowest BCUT2D eigenvalue weighted by molar-refractivity contribution is 0.0372. The maximum absolute atomic E-state index is 16.1. The van der Waals surface area contributed by atoms with Crippen LogP contribution in [0.15, 0.2) is 48.5 Å². The second-order valence-corrected chi connectivity index (χ2v) is 8.02. The third-order valence-electron chi connectivity index (χ3n) is 4.62. The van der Waals surface area contributed by atoms with Crippen LogP contribution >= 0.6 is 0 Å². The van der Waals surface area contributed by atoms with Gasteiger partial charge in [0, 0.05) is 12.0 Å². The molecule has 0 spiro atoms. The lowest BCUT2D eigenvalue weighted by atomic mass is 9.86. The minimum absolute atomic E-state index is 0.0870. The van der Waals surface area contributed by atoms with E-state index in [-0.39, 0.29) is 6.42 Å². The second kappa shape index (κ2) is 6.80. The zero-order valence-electron chi connectivity index (χ0n) is 16.0. The minimum Gasteiger partial charge on any atom is -0.444 e. The van der Waals surface area contributed by atoms with Crippen LogP contribution in [-0.2, 0) is 11.2 Å². The van der Waals surface area contributed by atoms with E-state index in [4.69, 9.17) is 4.74 Å². The van der Waals surface area contributed by atoms with Crippen molar-refractivity contribution in [1.82, 2.24) is 5.32 Å². The summed E-state index contributed by atoms with van der Waals surface area (Å²) in [5, 5.41) is 2.60. The number of alkyl carbamates (subject to hydrolysis) is 1. The van der Waals surface area contributed by atoms with Crippen molar-refractivity contribution < 1.29 is 18.7 Å². The topological polar surface area (TPSA) is 55.4 Å². The molecule has 0 saturated carbocycles. The van der Waals surface area contributed by atoms with Crippen LogP contribution < -0.4 is 5.32 Å². The zero-order chi connectivity index (χ0) is 19.8. The molecule has 1 aliphatic rings. The Balaban J connectivity index is 1.98. The SMILES string of the molecule is Cc1ccc(C(NC(=O)OC(C)(C)C)C2(F)Cc3ccccc3C2=O)cc1. The maximum atomic E-state index is 16.1. The molecule has 0 bridgehead atoms. The van der Waals surface area contributed by atoms with E-state index in [1.54, 1.807) is 57.2 Å². The number of hydrogen-bond donors (Lipinski definition) is 1. The number of nitrogens with one attached hydrogen (secondary N) is 1. The molecule has 2 aromatic carbocycles. The fourth-order valence-corrected chi connectivity index (χ4v) is 3.36. The Labute approximate surface area is 158 Å². The molecule has 5 heteroatoms. The molecule has 2 atom stereocenters. The molecule has 142 valence electrons. The summed E-state index contributed by atoms with van der Waals surface area (Å²) in [7, 11) is 0. The van der Waals surface area contributed by atoms with Crippen molar-refractivity contribution in [2.24, 2.45) is 0 Å². The molecule has 0 radical (unpaired) electrons. The van der Waals surface area contributed by atoms with Gasteiger partial charge in [0.1, 0.15) is 5.60 Å². The highest BCUT2D eigenvalue weighted by atomic mass is 19.1. The van der Waals surface area contributed by atoms with Crippen LogP contribution in [0.4, 0.5) is 9.18 Å². The van der Waals surface area contributed by atoms with Crippen LogP contribution in [0.25, 0.3) is 0 Å². The molecule has 2 aromatic rings. The summed E-state index contributed by atoms with van der Waals surface area (Å²) in [5.74, 6) is -0.611. The summed E-state index contributed by atoms with van der Waals surface area (Å²) >= 11 is 0. The van der Waals surface area contributed by atoms with E-state index in [1.807, 2.05) is 19.1 Å². The van der Waals surface area contributed by atoms with Gasteiger partial charge in [0.05, 0.1) is 6.04 Å². The molecular formula is C22H24FNO3. The predicted octanol–water partition coefficient (Wildman–Crippen LogP) is 4.71. The molecule has 4 nitrogen and oxygen atoms in total. The predicted molar refractivity (Wildman–Crippen MR) is 102 cm³/mol. The highest BCUT2D eigenvalue weighted by molar-refractivity contribution is 6.07. The Kier molecular flexibility index (Phi) is 4.81. The summed E-state index contributed by atoms with van der Waals surface area (Å²) in [6.07, 6.45) is -0.843. The van der Waals surface area contributed by atoms with Gasteiger partial charge in [0.25, 0.3) is 0 Å². The summed E-state index contributed by atoms with van der Waals surface area (Å²) < 4.78 is 21.4. The van der Waals surface area contributed by atoms with Gasteiger partial charge in [-0.25, -0.2) is 9.18 Å². The number of hydrogen-bond acceptors (Lipinski definition) is 3. The van der Waals surface area contributed by atoms with Gasteiger partial charge in [-0.1, -0.05) is 54.1 Å². The number of ether oxygens (including phenoxy) is 1. The number of halogens is 1. The maximum Gasteiger partial charge on any atom is 0.408 e. The van der Waals surface area contributed by atoms with Crippen LogP contribution in [0.2, 0.25) is 0 Å². The van der Waals surface area contributed by atoms with Gasteiger partial charge >= 0.3 is 6.09 Å². The molecule has 0 fully saturated rings. The molecule has 0 aromatic heterocycles. The van der Waals surface area contributed by atoms with Crippen molar-refractivity contribution in [3.63, 3.8) is 0 Å². The van der Waals surface area contributed by atoms with Gasteiger partial charge in [-0.05, 0) is 38.8 Å². The monoisotopic (exact) mass is 369 g/mol. The number of benzene rings is 2. The quantitative estimate of drug-likeness (QED) is 0.853. The number of alkyl halides is 1. The standard InChI is InChI=1S/C22H24FNO3/c1-14-9-11-15(12-10-14)18(24-20(26)27-21(2,3)4)22(23)13-16-7-5-6-8-17(16)19(22)25/h5-12,18H,13H2,1-4H3,(H,24,26). The fourth-order valence-electron chi connectivity index (χ4n) is 3.36. The summed E-state index contributed by atoms with van der Waals surface area (Å²) in [4.78, 5) is 25.3. The van der Waals surface area contributed by atoms with Crippen molar-refractivity contribution in [3.05, 3.63) is 70.8 Å². The van der Waals surface area contributed by atoms with E-state index in [0.717, 1.165) is 5.56 Å². The van der Waals surface area contributed by atoms with Gasteiger partial charge in [0.15, 0.2) is 0 Å². The molecule has 0 aliphatic heterocycles. The van der Waals surface area contributed by atoms with Gasteiger partial charge in [-0.2, -0.15) is 0 Å². The van der Waals surface area contributed by atoms with Crippen molar-refractivity contribution >= 4 is 11.9 Å². The highest BCUT2D eigenvalue weighted by Gasteiger charge is 2.53. The fraction of sp³-hybridized carbons (Fsp3) is 0.364. The number of fused-ring (bicyclic) bond motifs is 1. The van der Waals surface area contributed by atoms with Crippen LogP contribution in [0, 0.1) is 6.92 Å². The zero-order valence-corrected chi connectivity index (χ0v) is 16.0. The van der Waals surface area contributed by atoms with E-state index in [1.165, 1.54) is 0 Å². The first-order valence-electron chi connectivity index (χ1n) is 8.98. The number of amides is 1. The van der Waals surface area contributed by atoms with Gasteiger partial charge in [-0.3, -0.25) is 4.79 Å². The van der Waals surface area contributed by atoms with Gasteiger partial charge < -0.3 is 10.1 Å². The van der Waals surface area contributed by atoms with E-state index < -0.39 is 29.2 Å². The molecule has 0 saturated heterocycles. The second-order valence-electron chi connectivity index (χ2n) is 8.02. The number of carbonyl (C=O) groups excluding carboxylic acids is 2. The Morgan fingerprint density at radius 2 is 1.78 bits per heavy atom. The summed E-state index contributed by atoms with van der Waals surface area (Å²) in [6.45, 7) is 7.11. The molecule has 2 unspecified atom stereocenters. The summed E-state index contributed by atoms with van der Waals surface area (Å²) in [5.41, 5.74) is -0.459. The van der Waals surface area contributed by atoms with E-state index in [0.29, 0.717) is 16.7 Å². The highest BCUT2D eigenvalue weighted by Crippen LogP contribution is 2.42. The van der Waals surface area contributed by atoms with Crippen LogP contribution in [0.3, 0.4) is 0 Å². The average Bonchev–Trinajstić information content (AvgIpc) is 2.84. The molecule has 3 rings (SSSR count). The first-order chi connectivity index (χ1) is 12.6. The number of Topliss-reactive ketones (excluding diaryl/α,β-unsaturated/α-hetero) is 1. The number of ketones is 1. The summed E-state index contributed by atoms with van der Waals surface area (Å²) in [6, 6.07) is 12.8. The minimum atomic E-state index is -2.27. The Morgan fingerprint density at radius 1 is 1.15 bits per heavy atom. The number of aryl methyl sites for hydroxylation is 1.